The van der Waals surface area contributed by atoms with Gasteiger partial charge in [0.2, 0.25) is 17.7 Å². The monoisotopic (exact) mass is 527 g/mol. The van der Waals surface area contributed by atoms with Gasteiger partial charge in [-0.1, -0.05) is 38.1 Å². The maximum atomic E-state index is 13.8. The molecule has 1 aromatic rings. The molecule has 2 fully saturated rings. The maximum absolute atomic E-state index is 13.8. The summed E-state index contributed by atoms with van der Waals surface area (Å²) in [6, 6.07) is 5.71. The van der Waals surface area contributed by atoms with Crippen LogP contribution in [0.3, 0.4) is 0 Å². The Morgan fingerprint density at radius 2 is 1.87 bits per heavy atom. The van der Waals surface area contributed by atoms with Crippen molar-refractivity contribution in [3.05, 3.63) is 47.8 Å². The van der Waals surface area contributed by atoms with Crippen LogP contribution in [0.25, 0.3) is 0 Å². The van der Waals surface area contributed by atoms with Gasteiger partial charge in [0.1, 0.15) is 11.9 Å². The number of benzene rings is 1. The molecule has 0 bridgehead atoms. The van der Waals surface area contributed by atoms with E-state index in [9.17, 15) is 18.8 Å². The summed E-state index contributed by atoms with van der Waals surface area (Å²) in [5, 5.41) is 6.33. The first-order chi connectivity index (χ1) is 18.3. The Morgan fingerprint density at radius 3 is 2.58 bits per heavy atom. The van der Waals surface area contributed by atoms with Crippen LogP contribution >= 0.6 is 0 Å². The second-order valence-corrected chi connectivity index (χ2v) is 11.6. The molecule has 0 unspecified atom stereocenters. The predicted octanol–water partition coefficient (Wildman–Crippen LogP) is 3.77. The Balaban J connectivity index is 1.44. The van der Waals surface area contributed by atoms with Crippen LogP contribution < -0.4 is 10.6 Å². The summed E-state index contributed by atoms with van der Waals surface area (Å²) in [6.45, 7) is 6.38. The Morgan fingerprint density at radius 1 is 1.13 bits per heavy atom. The highest BCUT2D eigenvalue weighted by atomic mass is 19.1. The van der Waals surface area contributed by atoms with Gasteiger partial charge in [0.15, 0.2) is 0 Å². The van der Waals surface area contributed by atoms with Crippen LogP contribution in [0.1, 0.15) is 64.4 Å². The highest BCUT2D eigenvalue weighted by Gasteiger charge is 2.43. The Kier molecular flexibility index (Phi) is 9.58. The summed E-state index contributed by atoms with van der Waals surface area (Å²) in [4.78, 5) is 41.8. The van der Waals surface area contributed by atoms with Gasteiger partial charge in [-0.25, -0.2) is 4.39 Å². The summed E-state index contributed by atoms with van der Waals surface area (Å²) < 4.78 is 18.9. The molecule has 8 heteroatoms. The third kappa shape index (κ3) is 7.22. The number of likely N-dealkylation sites (tertiary alicyclic amines) is 1. The van der Waals surface area contributed by atoms with E-state index in [4.69, 9.17) is 4.74 Å². The van der Waals surface area contributed by atoms with E-state index in [-0.39, 0.29) is 41.4 Å². The molecule has 4 rings (SSSR count). The van der Waals surface area contributed by atoms with Crippen molar-refractivity contribution in [1.82, 2.24) is 15.5 Å². The second kappa shape index (κ2) is 12.9. The van der Waals surface area contributed by atoms with Gasteiger partial charge in [-0.05, 0) is 68.6 Å². The maximum Gasteiger partial charge on any atom is 0.242 e. The van der Waals surface area contributed by atoms with Crippen LogP contribution in [0.15, 0.2) is 36.4 Å². The number of rotatable bonds is 5. The van der Waals surface area contributed by atoms with E-state index >= 15 is 0 Å². The first-order valence-electron chi connectivity index (χ1n) is 14.1. The van der Waals surface area contributed by atoms with Crippen molar-refractivity contribution in [2.45, 2.75) is 77.3 Å². The van der Waals surface area contributed by atoms with E-state index in [0.717, 1.165) is 18.4 Å². The lowest BCUT2D eigenvalue weighted by Gasteiger charge is -2.41. The quantitative estimate of drug-likeness (QED) is 0.571. The number of nitrogens with zero attached hydrogens (tertiary/aromatic N) is 1. The molecule has 38 heavy (non-hydrogen) atoms. The van der Waals surface area contributed by atoms with Crippen LogP contribution in [0.5, 0.6) is 0 Å². The Hall–Kier alpha value is -2.74. The molecule has 0 aromatic heterocycles. The van der Waals surface area contributed by atoms with Gasteiger partial charge < -0.3 is 20.3 Å². The number of amides is 3. The minimum absolute atomic E-state index is 0.0463. The van der Waals surface area contributed by atoms with Crippen molar-refractivity contribution in [3.8, 4) is 0 Å². The van der Waals surface area contributed by atoms with Crippen molar-refractivity contribution < 1.29 is 23.5 Å². The van der Waals surface area contributed by atoms with E-state index in [0.29, 0.717) is 64.8 Å². The first kappa shape index (κ1) is 28.3. The number of carbonyl (C=O) groups is 3. The van der Waals surface area contributed by atoms with Crippen LogP contribution in [0.2, 0.25) is 0 Å². The van der Waals surface area contributed by atoms with E-state index < -0.39 is 11.5 Å². The molecule has 7 nitrogen and oxygen atoms in total. The minimum atomic E-state index is -0.651. The van der Waals surface area contributed by atoms with Crippen LogP contribution in [0.4, 0.5) is 4.39 Å². The van der Waals surface area contributed by atoms with Gasteiger partial charge in [-0.2, -0.15) is 0 Å². The molecular weight excluding hydrogens is 485 g/mol. The Bertz CT molecular complexity index is 1000. The number of carbonyl (C=O) groups excluding carboxylic acids is 3. The predicted molar refractivity (Wildman–Crippen MR) is 144 cm³/mol. The fourth-order valence-electron chi connectivity index (χ4n) is 5.87. The zero-order valence-corrected chi connectivity index (χ0v) is 22.7. The highest BCUT2D eigenvalue weighted by molar-refractivity contribution is 5.90. The molecule has 2 saturated heterocycles. The molecule has 1 aromatic carbocycles. The van der Waals surface area contributed by atoms with Gasteiger partial charge in [-0.15, -0.1) is 0 Å². The van der Waals surface area contributed by atoms with Gasteiger partial charge >= 0.3 is 0 Å². The topological polar surface area (TPSA) is 87.7 Å². The van der Waals surface area contributed by atoms with Crippen LogP contribution in [-0.4, -0.2) is 61.0 Å². The largest absolute Gasteiger partial charge is 0.381 e. The molecule has 1 spiro atoms. The molecule has 0 radical (unpaired) electrons. The number of allylic oxidation sites excluding steroid dienone is 2. The summed E-state index contributed by atoms with van der Waals surface area (Å²) in [7, 11) is 0. The molecule has 3 atom stereocenters. The second-order valence-electron chi connectivity index (χ2n) is 11.6. The van der Waals surface area contributed by atoms with Crippen molar-refractivity contribution in [3.63, 3.8) is 0 Å². The van der Waals surface area contributed by atoms with Crippen molar-refractivity contribution in [2.24, 2.45) is 17.3 Å². The van der Waals surface area contributed by atoms with Gasteiger partial charge in [0.05, 0.1) is 12.0 Å². The smallest absolute Gasteiger partial charge is 0.242 e. The van der Waals surface area contributed by atoms with Gasteiger partial charge in [-0.3, -0.25) is 14.4 Å². The van der Waals surface area contributed by atoms with E-state index in [1.165, 1.54) is 12.1 Å². The SMILES string of the molecule is CC(C)C[C@@H]1NC(=O)C2(C/C=C/C[C@@H]3COCC[C@@H]3NC1=O)CCN(C(=O)CCc1ccc(F)cc1)CC2. The lowest BCUT2D eigenvalue weighted by Crippen LogP contribution is -2.57. The average Bonchev–Trinajstić information content (AvgIpc) is 2.90. The summed E-state index contributed by atoms with van der Waals surface area (Å²) in [5.41, 5.74) is 0.277. The number of fused-ring (bicyclic) bond motifs is 1. The number of piperidine rings is 1. The molecule has 208 valence electrons. The van der Waals surface area contributed by atoms with Crippen molar-refractivity contribution in [2.75, 3.05) is 26.3 Å². The fourth-order valence-corrected chi connectivity index (χ4v) is 5.87. The van der Waals surface area contributed by atoms with Crippen molar-refractivity contribution >= 4 is 17.7 Å². The zero-order chi connectivity index (χ0) is 27.1. The standard InChI is InChI=1S/C30H42FN3O4/c1-21(2)19-26-28(36)32-25-12-18-38-20-23(25)5-3-4-13-30(29(37)33-26)14-16-34(17-15-30)27(35)11-8-22-6-9-24(31)10-7-22/h3-4,6-7,9-10,21,23,25-26H,5,8,11-20H2,1-2H3,(H,32,36)(H,33,37)/b4-3+/t23-,25+,26+/m1/s1. The first-order valence-corrected chi connectivity index (χ1v) is 14.1. The average molecular weight is 528 g/mol. The van der Waals surface area contributed by atoms with Crippen LogP contribution in [0, 0.1) is 23.1 Å². The highest BCUT2D eigenvalue weighted by Crippen LogP contribution is 2.37. The number of nitrogens with one attached hydrogen (secondary N) is 2. The molecule has 3 amide bonds. The molecule has 0 aliphatic carbocycles. The molecule has 3 aliphatic rings. The summed E-state index contributed by atoms with van der Waals surface area (Å²) >= 11 is 0. The lowest BCUT2D eigenvalue weighted by molar-refractivity contribution is -0.142. The molecule has 2 N–H and O–H groups in total. The number of hydrogen-bond acceptors (Lipinski definition) is 4. The van der Waals surface area contributed by atoms with E-state index in [2.05, 4.69) is 36.6 Å². The van der Waals surface area contributed by atoms with E-state index in [1.807, 2.05) is 4.90 Å². The van der Waals surface area contributed by atoms with Crippen molar-refractivity contribution in [1.29, 1.82) is 0 Å². The van der Waals surface area contributed by atoms with Gasteiger partial charge in [0.25, 0.3) is 0 Å². The Labute approximate surface area is 225 Å². The molecule has 3 aliphatic heterocycles. The molecular formula is C30H42FN3O4. The normalized spacial score (nSPS) is 27.1. The van der Waals surface area contributed by atoms with E-state index in [1.54, 1.807) is 12.1 Å². The minimum Gasteiger partial charge on any atom is -0.381 e. The summed E-state index contributed by atoms with van der Waals surface area (Å²) in [5.74, 6) is 0.0261. The number of ether oxygens (including phenoxy) is 1. The lowest BCUT2D eigenvalue weighted by atomic mass is 9.74. The molecule has 0 saturated carbocycles. The zero-order valence-electron chi connectivity index (χ0n) is 22.7. The number of halogens is 1. The molecule has 3 heterocycles. The number of hydrogen-bond donors (Lipinski definition) is 2. The third-order valence-corrected chi connectivity index (χ3v) is 8.34. The van der Waals surface area contributed by atoms with Crippen LogP contribution in [-0.2, 0) is 25.5 Å². The number of aryl methyl sites for hydroxylation is 1. The third-order valence-electron chi connectivity index (χ3n) is 8.34. The van der Waals surface area contributed by atoms with Gasteiger partial charge in [0, 0.05) is 38.1 Å². The summed E-state index contributed by atoms with van der Waals surface area (Å²) in [6.07, 6.45) is 8.99. The fraction of sp³-hybridized carbons (Fsp3) is 0.633.